The van der Waals surface area contributed by atoms with E-state index in [0.717, 1.165) is 38.2 Å². The molecular formula is C33H24O3. The maximum absolute atomic E-state index is 11.7. The van der Waals surface area contributed by atoms with Gasteiger partial charge in [-0.1, -0.05) is 91.0 Å². The molecule has 0 aliphatic rings. The van der Waals surface area contributed by atoms with Crippen LogP contribution in [-0.2, 0) is 6.42 Å². The summed E-state index contributed by atoms with van der Waals surface area (Å²) in [5, 5.41) is 37.0. The number of benzene rings is 6. The minimum absolute atomic E-state index is 0.102. The van der Waals surface area contributed by atoms with E-state index < -0.39 is 0 Å². The molecule has 0 atom stereocenters. The summed E-state index contributed by atoms with van der Waals surface area (Å²) < 4.78 is 0. The third-order valence-electron chi connectivity index (χ3n) is 6.83. The molecule has 0 heterocycles. The van der Waals surface area contributed by atoms with Crippen LogP contribution in [0.5, 0.6) is 17.2 Å². The zero-order valence-electron chi connectivity index (χ0n) is 19.5. The normalized spacial score (nSPS) is 11.2. The highest BCUT2D eigenvalue weighted by Crippen LogP contribution is 2.46. The van der Waals surface area contributed by atoms with Crippen molar-refractivity contribution in [2.75, 3.05) is 0 Å². The van der Waals surface area contributed by atoms with Gasteiger partial charge in [-0.15, -0.1) is 0 Å². The molecule has 0 amide bonds. The quantitative estimate of drug-likeness (QED) is 0.245. The molecule has 0 bridgehead atoms. The van der Waals surface area contributed by atoms with Crippen LogP contribution < -0.4 is 0 Å². The highest BCUT2D eigenvalue weighted by Gasteiger charge is 2.20. The van der Waals surface area contributed by atoms with Gasteiger partial charge < -0.3 is 15.3 Å². The van der Waals surface area contributed by atoms with E-state index in [0.29, 0.717) is 23.1 Å². The van der Waals surface area contributed by atoms with Crippen LogP contribution in [-0.4, -0.2) is 15.3 Å². The Hall–Kier alpha value is -4.76. The summed E-state index contributed by atoms with van der Waals surface area (Å²) in [5.41, 5.74) is 4.65. The second kappa shape index (κ2) is 8.79. The van der Waals surface area contributed by atoms with Gasteiger partial charge in [0.25, 0.3) is 0 Å². The zero-order chi connectivity index (χ0) is 24.6. The molecule has 0 saturated carbocycles. The van der Waals surface area contributed by atoms with Crippen molar-refractivity contribution >= 4 is 21.5 Å². The van der Waals surface area contributed by atoms with E-state index in [1.54, 1.807) is 12.1 Å². The van der Waals surface area contributed by atoms with Crippen LogP contribution in [0, 0.1) is 0 Å². The molecule has 6 aromatic rings. The first-order valence-electron chi connectivity index (χ1n) is 11.9. The minimum Gasteiger partial charge on any atom is -0.508 e. The van der Waals surface area contributed by atoms with Crippen LogP contribution in [0.3, 0.4) is 0 Å². The second-order valence-electron chi connectivity index (χ2n) is 9.05. The number of phenols is 3. The molecule has 3 N–H and O–H groups in total. The number of hydrogen-bond donors (Lipinski definition) is 3. The smallest absolute Gasteiger partial charge is 0.127 e. The van der Waals surface area contributed by atoms with Gasteiger partial charge in [0.05, 0.1) is 0 Å². The lowest BCUT2D eigenvalue weighted by atomic mass is 9.88. The van der Waals surface area contributed by atoms with E-state index in [4.69, 9.17) is 0 Å². The van der Waals surface area contributed by atoms with E-state index in [-0.39, 0.29) is 17.2 Å². The van der Waals surface area contributed by atoms with Gasteiger partial charge in [-0.05, 0) is 68.1 Å². The maximum Gasteiger partial charge on any atom is 0.127 e. The van der Waals surface area contributed by atoms with Crippen molar-refractivity contribution in [2.24, 2.45) is 0 Å². The largest absolute Gasteiger partial charge is 0.508 e. The molecule has 0 aliphatic carbocycles. The van der Waals surface area contributed by atoms with Gasteiger partial charge in [0.2, 0.25) is 0 Å². The first kappa shape index (κ1) is 21.8. The Labute approximate surface area is 209 Å². The average Bonchev–Trinajstić information content (AvgIpc) is 2.91. The predicted octanol–water partition coefficient (Wildman–Crippen LogP) is 8.03. The fourth-order valence-electron chi connectivity index (χ4n) is 5.05. The summed E-state index contributed by atoms with van der Waals surface area (Å²) in [5.74, 6) is 0.391. The van der Waals surface area contributed by atoms with E-state index in [1.807, 2.05) is 103 Å². The molecule has 174 valence electrons. The van der Waals surface area contributed by atoms with Crippen molar-refractivity contribution in [3.8, 4) is 39.5 Å². The van der Waals surface area contributed by atoms with Crippen molar-refractivity contribution in [2.45, 2.75) is 6.42 Å². The van der Waals surface area contributed by atoms with Crippen molar-refractivity contribution in [1.82, 2.24) is 0 Å². The van der Waals surface area contributed by atoms with Crippen LogP contribution in [0.4, 0.5) is 0 Å². The first-order chi connectivity index (χ1) is 17.6. The molecule has 6 aromatic carbocycles. The monoisotopic (exact) mass is 468 g/mol. The van der Waals surface area contributed by atoms with Gasteiger partial charge in [-0.2, -0.15) is 0 Å². The van der Waals surface area contributed by atoms with Crippen LogP contribution in [0.1, 0.15) is 11.1 Å². The third kappa shape index (κ3) is 3.71. The Morgan fingerprint density at radius 2 is 1.08 bits per heavy atom. The van der Waals surface area contributed by atoms with E-state index in [9.17, 15) is 15.3 Å². The first-order valence-corrected chi connectivity index (χ1v) is 11.9. The van der Waals surface area contributed by atoms with E-state index in [1.165, 1.54) is 0 Å². The fourth-order valence-corrected chi connectivity index (χ4v) is 5.05. The molecule has 3 nitrogen and oxygen atoms in total. The van der Waals surface area contributed by atoms with E-state index in [2.05, 4.69) is 0 Å². The van der Waals surface area contributed by atoms with Gasteiger partial charge in [0.1, 0.15) is 17.2 Å². The van der Waals surface area contributed by atoms with Gasteiger partial charge >= 0.3 is 0 Å². The summed E-state index contributed by atoms with van der Waals surface area (Å²) in [6.07, 6.45) is 0.335. The predicted molar refractivity (Wildman–Crippen MR) is 147 cm³/mol. The minimum atomic E-state index is 0.102. The third-order valence-corrected chi connectivity index (χ3v) is 6.83. The SMILES string of the molecule is Oc1ccc(-c2ccccc2)cc1Cc1cc2ccccc2c(-c2c(O)ccc3ccccc23)c1O. The Bertz CT molecular complexity index is 1740. The van der Waals surface area contributed by atoms with Crippen molar-refractivity contribution < 1.29 is 15.3 Å². The Morgan fingerprint density at radius 1 is 0.444 bits per heavy atom. The maximum atomic E-state index is 11.7. The summed E-state index contributed by atoms with van der Waals surface area (Å²) in [6.45, 7) is 0. The summed E-state index contributed by atoms with van der Waals surface area (Å²) in [6, 6.07) is 36.8. The molecule has 0 aliphatic heterocycles. The number of phenolic OH excluding ortho intramolecular Hbond substituents is 3. The Balaban J connectivity index is 1.57. The van der Waals surface area contributed by atoms with E-state index >= 15 is 0 Å². The summed E-state index contributed by atoms with van der Waals surface area (Å²) >= 11 is 0. The molecule has 3 heteroatoms. The van der Waals surface area contributed by atoms with Gasteiger partial charge in [-0.25, -0.2) is 0 Å². The zero-order valence-corrected chi connectivity index (χ0v) is 19.5. The number of fused-ring (bicyclic) bond motifs is 2. The lowest BCUT2D eigenvalue weighted by Crippen LogP contribution is -1.95. The molecule has 0 radical (unpaired) electrons. The molecule has 0 fully saturated rings. The molecule has 0 saturated heterocycles. The van der Waals surface area contributed by atoms with Gasteiger partial charge in [0.15, 0.2) is 0 Å². The molecule has 0 aromatic heterocycles. The Kier molecular flexibility index (Phi) is 5.31. The lowest BCUT2D eigenvalue weighted by Gasteiger charge is -2.18. The fraction of sp³-hybridized carbons (Fsp3) is 0.0303. The number of rotatable bonds is 4. The van der Waals surface area contributed by atoms with Crippen LogP contribution in [0.2, 0.25) is 0 Å². The van der Waals surface area contributed by atoms with Crippen molar-refractivity contribution in [3.63, 3.8) is 0 Å². The number of aromatic hydroxyl groups is 3. The molecular weight excluding hydrogens is 444 g/mol. The average molecular weight is 469 g/mol. The van der Waals surface area contributed by atoms with Crippen LogP contribution in [0.25, 0.3) is 43.8 Å². The Morgan fingerprint density at radius 3 is 1.86 bits per heavy atom. The molecule has 0 spiro atoms. The van der Waals surface area contributed by atoms with Crippen molar-refractivity contribution in [3.05, 3.63) is 126 Å². The topological polar surface area (TPSA) is 60.7 Å². The number of hydrogen-bond acceptors (Lipinski definition) is 3. The molecule has 0 unspecified atom stereocenters. The van der Waals surface area contributed by atoms with Gasteiger partial charge in [-0.3, -0.25) is 0 Å². The van der Waals surface area contributed by atoms with Crippen LogP contribution >= 0.6 is 0 Å². The highest BCUT2D eigenvalue weighted by molar-refractivity contribution is 6.10. The lowest BCUT2D eigenvalue weighted by molar-refractivity contribution is 0.462. The summed E-state index contributed by atoms with van der Waals surface area (Å²) in [4.78, 5) is 0. The second-order valence-corrected chi connectivity index (χ2v) is 9.05. The summed E-state index contributed by atoms with van der Waals surface area (Å²) in [7, 11) is 0. The van der Waals surface area contributed by atoms with Crippen LogP contribution in [0.15, 0.2) is 115 Å². The van der Waals surface area contributed by atoms with Gasteiger partial charge in [0, 0.05) is 17.5 Å². The standard InChI is InChI=1S/C33H24O3/c34-29-16-15-23(21-8-2-1-3-9-21)18-25(29)20-26-19-24-11-5-7-13-28(24)32(33(26)36)31-27-12-6-4-10-22(27)14-17-30(31)35/h1-19,34-36H,20H2. The van der Waals surface area contributed by atoms with Crippen molar-refractivity contribution in [1.29, 1.82) is 0 Å². The molecule has 36 heavy (non-hydrogen) atoms. The molecule has 6 rings (SSSR count). The highest BCUT2D eigenvalue weighted by atomic mass is 16.3.